The maximum absolute atomic E-state index is 13.3. The number of aromatic nitrogens is 1. The number of carbonyl (C=O) groups is 2. The van der Waals surface area contributed by atoms with Crippen LogP contribution in [0.15, 0.2) is 102 Å². The second-order valence-electron chi connectivity index (χ2n) is 11.3. The maximum atomic E-state index is 13.3. The number of fused-ring (bicyclic) bond motifs is 1. The summed E-state index contributed by atoms with van der Waals surface area (Å²) in [5.41, 5.74) is 5.15. The van der Waals surface area contributed by atoms with Gasteiger partial charge in [-0.25, -0.2) is 0 Å². The molecule has 1 aliphatic heterocycles. The van der Waals surface area contributed by atoms with Crippen molar-refractivity contribution in [3.63, 3.8) is 0 Å². The lowest BCUT2D eigenvalue weighted by molar-refractivity contribution is -0.152. The Morgan fingerprint density at radius 2 is 1.55 bits per heavy atom. The number of carbonyl (C=O) groups excluding carboxylic acids is 2. The highest BCUT2D eigenvalue weighted by Gasteiger charge is 2.30. The zero-order chi connectivity index (χ0) is 29.7. The van der Waals surface area contributed by atoms with Crippen molar-refractivity contribution < 1.29 is 14.3 Å². The molecule has 7 heteroatoms. The lowest BCUT2D eigenvalue weighted by Gasteiger charge is -2.31. The minimum Gasteiger partial charge on any atom is -0.458 e. The van der Waals surface area contributed by atoms with Crippen molar-refractivity contribution >= 4 is 17.6 Å². The van der Waals surface area contributed by atoms with Crippen molar-refractivity contribution in [1.82, 2.24) is 9.88 Å². The number of hydrogen-bond donors (Lipinski definition) is 1. The number of anilines is 1. The third-order valence-corrected chi connectivity index (χ3v) is 7.60. The number of amides is 1. The van der Waals surface area contributed by atoms with Crippen LogP contribution >= 0.6 is 0 Å². The van der Waals surface area contributed by atoms with Crippen LogP contribution in [-0.4, -0.2) is 41.7 Å². The number of ether oxygens (including phenoxy) is 1. The van der Waals surface area contributed by atoms with Crippen molar-refractivity contribution in [2.45, 2.75) is 45.3 Å². The minimum atomic E-state index is -0.645. The Morgan fingerprint density at radius 3 is 2.19 bits per heavy atom. The molecule has 0 atom stereocenters. The van der Waals surface area contributed by atoms with E-state index in [0.717, 1.165) is 40.9 Å². The third kappa shape index (κ3) is 6.62. The van der Waals surface area contributed by atoms with Crippen molar-refractivity contribution in [2.24, 2.45) is 0 Å². The molecule has 3 aromatic carbocycles. The number of esters is 1. The molecule has 1 aromatic heterocycles. The van der Waals surface area contributed by atoms with Crippen molar-refractivity contribution in [1.29, 1.82) is 0 Å². The molecule has 7 nitrogen and oxygen atoms in total. The van der Waals surface area contributed by atoms with Crippen LogP contribution in [-0.2, 0) is 22.5 Å². The molecule has 5 rings (SSSR count). The second-order valence-corrected chi connectivity index (χ2v) is 11.3. The zero-order valence-electron chi connectivity index (χ0n) is 24.4. The van der Waals surface area contributed by atoms with Crippen molar-refractivity contribution in [3.8, 4) is 0 Å². The summed E-state index contributed by atoms with van der Waals surface area (Å²) in [7, 11) is 0. The van der Waals surface area contributed by atoms with Gasteiger partial charge in [-0.15, -0.1) is 0 Å². The van der Waals surface area contributed by atoms with Gasteiger partial charge in [0.25, 0.3) is 11.5 Å². The fourth-order valence-corrected chi connectivity index (χ4v) is 5.91. The zero-order valence-corrected chi connectivity index (χ0v) is 24.4. The second kappa shape index (κ2) is 12.5. The first-order valence-corrected chi connectivity index (χ1v) is 14.4. The number of hydrogen-bond acceptors (Lipinski definition) is 5. The van der Waals surface area contributed by atoms with Gasteiger partial charge in [-0.3, -0.25) is 14.4 Å². The summed E-state index contributed by atoms with van der Waals surface area (Å²) < 4.78 is 7.15. The van der Waals surface area contributed by atoms with Crippen LogP contribution in [0.4, 0.5) is 5.69 Å². The molecule has 0 bridgehead atoms. The van der Waals surface area contributed by atoms with Crippen LogP contribution < -0.4 is 15.8 Å². The van der Waals surface area contributed by atoms with Crippen LogP contribution in [0.2, 0.25) is 0 Å². The monoisotopic (exact) mass is 563 g/mol. The van der Waals surface area contributed by atoms with E-state index in [4.69, 9.17) is 4.74 Å². The third-order valence-electron chi connectivity index (χ3n) is 7.60. The molecule has 42 heavy (non-hydrogen) atoms. The summed E-state index contributed by atoms with van der Waals surface area (Å²) in [6, 6.07) is 29.7. The molecule has 0 saturated carbocycles. The maximum Gasteiger partial charge on any atom is 0.303 e. The average molecular weight is 564 g/mol. The molecule has 0 spiro atoms. The van der Waals surface area contributed by atoms with Crippen molar-refractivity contribution in [2.75, 3.05) is 24.5 Å². The van der Waals surface area contributed by atoms with Crippen LogP contribution in [0, 0.1) is 0 Å². The molecule has 2 heterocycles. The van der Waals surface area contributed by atoms with Gasteiger partial charge in [-0.05, 0) is 54.7 Å². The van der Waals surface area contributed by atoms with Gasteiger partial charge in [0, 0.05) is 56.0 Å². The van der Waals surface area contributed by atoms with Gasteiger partial charge in [0.05, 0.1) is 6.54 Å². The van der Waals surface area contributed by atoms with E-state index in [2.05, 4.69) is 34.5 Å². The van der Waals surface area contributed by atoms with Crippen LogP contribution in [0.5, 0.6) is 0 Å². The molecular formula is C35H37N3O4. The fourth-order valence-electron chi connectivity index (χ4n) is 5.91. The molecule has 4 aromatic rings. The number of pyridine rings is 1. The molecule has 0 aliphatic carbocycles. The largest absolute Gasteiger partial charge is 0.458 e. The van der Waals surface area contributed by atoms with E-state index in [9.17, 15) is 14.4 Å². The van der Waals surface area contributed by atoms with Gasteiger partial charge in [0.1, 0.15) is 5.60 Å². The molecule has 1 aliphatic rings. The van der Waals surface area contributed by atoms with E-state index in [-0.39, 0.29) is 23.4 Å². The molecule has 1 N–H and O–H groups in total. The Hall–Kier alpha value is -4.65. The minimum absolute atomic E-state index is 0.0190. The Labute approximate surface area is 246 Å². The van der Waals surface area contributed by atoms with Gasteiger partial charge in [0.15, 0.2) is 0 Å². The summed E-state index contributed by atoms with van der Waals surface area (Å²) in [6.45, 7) is 7.15. The summed E-state index contributed by atoms with van der Waals surface area (Å²) in [4.78, 5) is 39.7. The van der Waals surface area contributed by atoms with Crippen LogP contribution in [0.25, 0.3) is 0 Å². The van der Waals surface area contributed by atoms with Gasteiger partial charge in [0.2, 0.25) is 0 Å². The summed E-state index contributed by atoms with van der Waals surface area (Å²) in [6.07, 6.45) is 2.64. The normalized spacial score (nSPS) is 12.7. The van der Waals surface area contributed by atoms with E-state index in [1.165, 1.54) is 6.92 Å². The first kappa shape index (κ1) is 28.9. The van der Waals surface area contributed by atoms with Gasteiger partial charge >= 0.3 is 5.97 Å². The summed E-state index contributed by atoms with van der Waals surface area (Å²) in [5, 5.41) is 3.02. The fraction of sp³-hybridized carbons (Fsp3) is 0.286. The Balaban J connectivity index is 1.29. The molecule has 0 fully saturated rings. The van der Waals surface area contributed by atoms with E-state index in [1.807, 2.05) is 80.7 Å². The van der Waals surface area contributed by atoms with E-state index >= 15 is 0 Å². The lowest BCUT2D eigenvalue weighted by atomic mass is 9.86. The number of nitrogens with zero attached hydrogens (tertiary/aromatic N) is 2. The number of benzene rings is 3. The predicted octanol–water partition coefficient (Wildman–Crippen LogP) is 5.16. The standard InChI is InChI=1S/C35H37N3O4/c1-25(39)42-35(2,3)24-38-21-19-29-30(15-10-16-31(29)38)34(41)36-20-22-37-23-28(17-18-32(37)40)33(26-11-6-4-7-12-26)27-13-8-5-9-14-27/h4-18,23,33H,19-22,24H2,1-3H3,(H,36,41). The van der Waals surface area contributed by atoms with E-state index in [1.54, 1.807) is 10.6 Å². The SMILES string of the molecule is CC(=O)OC(C)(C)CN1CCc2c(C(=O)NCCn3cc(C(c4ccccc4)c4ccccc4)ccc3=O)cccc21. The van der Waals surface area contributed by atoms with Gasteiger partial charge in [-0.2, -0.15) is 0 Å². The topological polar surface area (TPSA) is 80.6 Å². The first-order valence-electron chi connectivity index (χ1n) is 14.4. The Kier molecular flexibility index (Phi) is 8.57. The molecule has 216 valence electrons. The van der Waals surface area contributed by atoms with E-state index in [0.29, 0.717) is 25.2 Å². The highest BCUT2D eigenvalue weighted by Crippen LogP contribution is 2.33. The predicted molar refractivity (Wildman–Crippen MR) is 165 cm³/mol. The Bertz CT molecular complexity index is 1570. The average Bonchev–Trinajstić information content (AvgIpc) is 3.37. The molecule has 0 unspecified atom stereocenters. The molecule has 0 saturated heterocycles. The van der Waals surface area contributed by atoms with Crippen molar-refractivity contribution in [3.05, 3.63) is 135 Å². The van der Waals surface area contributed by atoms with E-state index < -0.39 is 5.60 Å². The molecule has 1 amide bonds. The summed E-state index contributed by atoms with van der Waals surface area (Å²) in [5.74, 6) is -0.494. The highest BCUT2D eigenvalue weighted by atomic mass is 16.6. The molecular weight excluding hydrogens is 526 g/mol. The van der Waals surface area contributed by atoms with Gasteiger partial charge in [-0.1, -0.05) is 72.8 Å². The smallest absolute Gasteiger partial charge is 0.303 e. The highest BCUT2D eigenvalue weighted by molar-refractivity contribution is 5.97. The number of rotatable bonds is 10. The lowest BCUT2D eigenvalue weighted by Crippen LogP contribution is -2.41. The number of nitrogens with one attached hydrogen (secondary N) is 1. The van der Waals surface area contributed by atoms with Crippen LogP contribution in [0.3, 0.4) is 0 Å². The van der Waals surface area contributed by atoms with Gasteiger partial charge < -0.3 is 19.5 Å². The Morgan fingerprint density at radius 1 is 0.881 bits per heavy atom. The first-order chi connectivity index (χ1) is 20.2. The van der Waals surface area contributed by atoms with Crippen LogP contribution in [0.1, 0.15) is 59.3 Å². The molecule has 0 radical (unpaired) electrons. The quantitative estimate of drug-likeness (QED) is 0.270. The summed E-state index contributed by atoms with van der Waals surface area (Å²) >= 11 is 0.